The first kappa shape index (κ1) is 24.5. The van der Waals surface area contributed by atoms with Gasteiger partial charge in [-0.2, -0.15) is 0 Å². The van der Waals surface area contributed by atoms with Crippen molar-refractivity contribution in [2.24, 2.45) is 0 Å². The maximum absolute atomic E-state index is 13.3. The molecule has 5 rings (SSSR count). The number of hydrogen-bond acceptors (Lipinski definition) is 7. The Morgan fingerprint density at radius 1 is 0.842 bits per heavy atom. The lowest BCUT2D eigenvalue weighted by atomic mass is 9.81. The van der Waals surface area contributed by atoms with Gasteiger partial charge >= 0.3 is 5.97 Å². The summed E-state index contributed by atoms with van der Waals surface area (Å²) in [4.78, 5) is 50.0. The summed E-state index contributed by atoms with van der Waals surface area (Å²) >= 11 is 0. The molecule has 4 aromatic rings. The Hall–Kier alpha value is -5.24. The molecule has 8 heteroatoms. The minimum atomic E-state index is -1.18. The Balaban J connectivity index is 1.54. The van der Waals surface area contributed by atoms with Crippen LogP contribution in [0.4, 0.5) is 5.69 Å². The van der Waals surface area contributed by atoms with Crippen molar-refractivity contribution in [3.05, 3.63) is 124 Å². The van der Waals surface area contributed by atoms with Crippen molar-refractivity contribution in [2.45, 2.75) is 12.5 Å². The highest BCUT2D eigenvalue weighted by atomic mass is 16.5. The van der Waals surface area contributed by atoms with Gasteiger partial charge in [0.2, 0.25) is 6.41 Å². The number of benzene rings is 4. The maximum Gasteiger partial charge on any atom is 0.311 e. The lowest BCUT2D eigenvalue weighted by molar-refractivity contribution is -0.146. The highest BCUT2D eigenvalue weighted by molar-refractivity contribution is 6.30. The number of rotatable bonds is 7. The summed E-state index contributed by atoms with van der Waals surface area (Å²) in [6, 6.07) is 22.5. The van der Waals surface area contributed by atoms with Gasteiger partial charge < -0.3 is 20.3 Å². The molecule has 0 saturated heterocycles. The zero-order valence-corrected chi connectivity index (χ0v) is 19.9. The van der Waals surface area contributed by atoms with E-state index in [2.05, 4.69) is 5.32 Å². The van der Waals surface area contributed by atoms with Gasteiger partial charge in [-0.25, -0.2) is 0 Å². The van der Waals surface area contributed by atoms with Crippen LogP contribution in [0.25, 0.3) is 0 Å². The van der Waals surface area contributed by atoms with Crippen LogP contribution in [0.15, 0.2) is 84.9 Å². The smallest absolute Gasteiger partial charge is 0.311 e. The minimum Gasteiger partial charge on any atom is -0.507 e. The monoisotopic (exact) mass is 507 g/mol. The average Bonchev–Trinajstić information content (AvgIpc) is 2.93. The molecule has 0 fully saturated rings. The Labute approximate surface area is 217 Å². The van der Waals surface area contributed by atoms with E-state index < -0.39 is 35.1 Å². The highest BCUT2D eigenvalue weighted by Gasteiger charge is 2.37. The summed E-state index contributed by atoms with van der Waals surface area (Å²) < 4.78 is 5.78. The normalized spacial score (nSPS) is 12.7. The average molecular weight is 507 g/mol. The zero-order valence-electron chi connectivity index (χ0n) is 19.9. The summed E-state index contributed by atoms with van der Waals surface area (Å²) in [5.74, 6) is -2.89. The maximum atomic E-state index is 13.3. The molecule has 0 radical (unpaired) electrons. The Morgan fingerprint density at radius 2 is 1.45 bits per heavy atom. The first-order valence-electron chi connectivity index (χ1n) is 11.7. The standard InChI is InChI=1S/C30H21NO7/c32-16-31-19-12-10-17(11-13-19)14-24(34)38-30(18-6-2-1-3-7-18)22-15-23(33)25-26(29(22)37)28(36)21-9-5-4-8-20(21)27(25)35/h1-13,15-16,30,33,37H,14H2,(H,31,32). The second-order valence-electron chi connectivity index (χ2n) is 8.70. The number of phenols is 2. The van der Waals surface area contributed by atoms with Crippen LogP contribution in [0.3, 0.4) is 0 Å². The van der Waals surface area contributed by atoms with Crippen molar-refractivity contribution in [3.63, 3.8) is 0 Å². The number of esters is 1. The van der Waals surface area contributed by atoms with Crippen LogP contribution in [0, 0.1) is 0 Å². The molecule has 188 valence electrons. The second kappa shape index (κ2) is 10.0. The number of carbonyl (C=O) groups is 4. The summed E-state index contributed by atoms with van der Waals surface area (Å²) in [6.07, 6.45) is -0.755. The van der Waals surface area contributed by atoms with E-state index in [0.717, 1.165) is 6.07 Å². The van der Waals surface area contributed by atoms with E-state index in [1.807, 2.05) is 0 Å². The van der Waals surface area contributed by atoms with E-state index in [1.54, 1.807) is 66.7 Å². The third-order valence-electron chi connectivity index (χ3n) is 6.34. The van der Waals surface area contributed by atoms with E-state index in [-0.39, 0.29) is 34.2 Å². The lowest BCUT2D eigenvalue weighted by Crippen LogP contribution is -2.22. The number of anilines is 1. The predicted molar refractivity (Wildman–Crippen MR) is 137 cm³/mol. The van der Waals surface area contributed by atoms with Gasteiger partial charge in [-0.1, -0.05) is 66.7 Å². The molecule has 1 aliphatic rings. The number of aromatic hydroxyl groups is 2. The fourth-order valence-corrected chi connectivity index (χ4v) is 4.54. The summed E-state index contributed by atoms with van der Waals surface area (Å²) in [6.45, 7) is 0. The van der Waals surface area contributed by atoms with Gasteiger partial charge in [-0.15, -0.1) is 0 Å². The van der Waals surface area contributed by atoms with Crippen molar-refractivity contribution < 1.29 is 34.1 Å². The Kier molecular flexibility index (Phi) is 6.45. The summed E-state index contributed by atoms with van der Waals surface area (Å²) in [5, 5.41) is 24.6. The summed E-state index contributed by atoms with van der Waals surface area (Å²) in [7, 11) is 0. The number of carbonyl (C=O) groups excluding carboxylic acids is 4. The Morgan fingerprint density at radius 3 is 2.08 bits per heavy atom. The minimum absolute atomic E-state index is 0.0353. The van der Waals surface area contributed by atoms with E-state index in [9.17, 15) is 29.4 Å². The van der Waals surface area contributed by atoms with Gasteiger partial charge in [0.05, 0.1) is 17.5 Å². The van der Waals surface area contributed by atoms with Crippen LogP contribution in [0.1, 0.15) is 54.6 Å². The second-order valence-corrected chi connectivity index (χ2v) is 8.70. The van der Waals surface area contributed by atoms with Crippen molar-refractivity contribution in [2.75, 3.05) is 5.32 Å². The fraction of sp³-hybridized carbons (Fsp3) is 0.0667. The quantitative estimate of drug-likeness (QED) is 0.170. The molecule has 0 aromatic heterocycles. The van der Waals surface area contributed by atoms with E-state index >= 15 is 0 Å². The molecule has 1 unspecified atom stereocenters. The molecule has 38 heavy (non-hydrogen) atoms. The molecule has 0 saturated carbocycles. The zero-order chi connectivity index (χ0) is 26.8. The molecule has 1 atom stereocenters. The number of hydrogen-bond donors (Lipinski definition) is 3. The molecule has 0 heterocycles. The molecular weight excluding hydrogens is 486 g/mol. The predicted octanol–water partition coefficient (Wildman–Crippen LogP) is 4.32. The number of ketones is 2. The van der Waals surface area contributed by atoms with Crippen molar-refractivity contribution >= 4 is 29.6 Å². The SMILES string of the molecule is O=CNc1ccc(CC(=O)OC(c2ccccc2)c2cc(O)c3c(c2O)C(=O)c2ccccc2C3=O)cc1. The van der Waals surface area contributed by atoms with Crippen LogP contribution in [-0.4, -0.2) is 34.2 Å². The van der Waals surface area contributed by atoms with Crippen LogP contribution >= 0.6 is 0 Å². The number of nitrogens with one attached hydrogen (secondary N) is 1. The fourth-order valence-electron chi connectivity index (χ4n) is 4.54. The lowest BCUT2D eigenvalue weighted by Gasteiger charge is -2.25. The molecule has 0 aliphatic heterocycles. The highest BCUT2D eigenvalue weighted by Crippen LogP contribution is 2.44. The van der Waals surface area contributed by atoms with Gasteiger partial charge in [0.25, 0.3) is 0 Å². The van der Waals surface area contributed by atoms with Gasteiger partial charge in [0, 0.05) is 22.4 Å². The first-order chi connectivity index (χ1) is 18.4. The Bertz CT molecular complexity index is 1580. The largest absolute Gasteiger partial charge is 0.507 e. The van der Waals surface area contributed by atoms with Crippen LogP contribution in [0.2, 0.25) is 0 Å². The molecule has 4 aromatic carbocycles. The molecule has 1 aliphatic carbocycles. The first-order valence-corrected chi connectivity index (χ1v) is 11.7. The summed E-state index contributed by atoms with van der Waals surface area (Å²) in [5.41, 5.74) is 1.24. The van der Waals surface area contributed by atoms with Crippen LogP contribution in [-0.2, 0) is 20.7 Å². The van der Waals surface area contributed by atoms with Crippen LogP contribution in [0.5, 0.6) is 11.5 Å². The van der Waals surface area contributed by atoms with E-state index in [0.29, 0.717) is 23.2 Å². The molecule has 3 N–H and O–H groups in total. The number of amides is 1. The topological polar surface area (TPSA) is 130 Å². The number of fused-ring (bicyclic) bond motifs is 2. The molecule has 8 nitrogen and oxygen atoms in total. The van der Waals surface area contributed by atoms with Gasteiger partial charge in [0.15, 0.2) is 17.7 Å². The molecular formula is C30H21NO7. The van der Waals surface area contributed by atoms with Gasteiger partial charge in [0.1, 0.15) is 11.5 Å². The van der Waals surface area contributed by atoms with Crippen molar-refractivity contribution in [3.8, 4) is 11.5 Å². The number of phenolic OH excluding ortho intramolecular Hbond substituents is 2. The van der Waals surface area contributed by atoms with E-state index in [4.69, 9.17) is 4.74 Å². The van der Waals surface area contributed by atoms with Gasteiger partial charge in [-0.3, -0.25) is 19.2 Å². The van der Waals surface area contributed by atoms with Crippen molar-refractivity contribution in [1.82, 2.24) is 0 Å². The van der Waals surface area contributed by atoms with Gasteiger partial charge in [-0.05, 0) is 29.3 Å². The number of ether oxygens (including phenoxy) is 1. The third-order valence-corrected chi connectivity index (χ3v) is 6.34. The molecule has 0 bridgehead atoms. The molecule has 1 amide bonds. The van der Waals surface area contributed by atoms with Crippen LogP contribution < -0.4 is 5.32 Å². The van der Waals surface area contributed by atoms with Crippen molar-refractivity contribution in [1.29, 1.82) is 0 Å². The molecule has 0 spiro atoms. The third kappa shape index (κ3) is 4.39. The van der Waals surface area contributed by atoms with E-state index in [1.165, 1.54) is 12.1 Å².